The molecule has 35 heteroatoms. The molecule has 0 saturated heterocycles. The van der Waals surface area contributed by atoms with Crippen molar-refractivity contribution in [1.29, 1.82) is 0 Å². The van der Waals surface area contributed by atoms with Gasteiger partial charge in [0.05, 0.1) is 25.8 Å². The van der Waals surface area contributed by atoms with Crippen LogP contribution in [0, 0.1) is 17.3 Å². The molecule has 3 aromatic rings. The van der Waals surface area contributed by atoms with Crippen molar-refractivity contribution in [3.8, 4) is 0 Å². The number of fused-ring (bicyclic) bond motifs is 1. The van der Waals surface area contributed by atoms with Gasteiger partial charge in [0.25, 0.3) is 0 Å². The number of amides is 12. The summed E-state index contributed by atoms with van der Waals surface area (Å²) in [7, 11) is 0. The number of benzene rings is 2. The van der Waals surface area contributed by atoms with Gasteiger partial charge in [-0.2, -0.15) is 0 Å². The first-order valence-electron chi connectivity index (χ1n) is 32.9. The largest absolute Gasteiger partial charge is 0.481 e. The predicted octanol–water partition coefficient (Wildman–Crippen LogP) is -5.52. The fourth-order valence-corrected chi connectivity index (χ4v) is 9.98. The van der Waals surface area contributed by atoms with E-state index in [9.17, 15) is 87.5 Å². The number of carbonyl (C=O) groups is 14. The molecule has 1 aromatic heterocycles. The van der Waals surface area contributed by atoms with Crippen LogP contribution in [0.3, 0.4) is 0 Å². The van der Waals surface area contributed by atoms with Gasteiger partial charge in [0.15, 0.2) is 0 Å². The van der Waals surface area contributed by atoms with Crippen LogP contribution in [-0.4, -0.2) is 220 Å². The summed E-state index contributed by atoms with van der Waals surface area (Å²) in [4.78, 5) is 193. The Bertz CT molecular complexity index is 3290. The molecule has 12 amide bonds. The Kier molecular flexibility index (Phi) is 35.2. The third-order valence-corrected chi connectivity index (χ3v) is 16.2. The number of rotatable bonds is 43. The molecule has 1 heterocycles. The van der Waals surface area contributed by atoms with Gasteiger partial charge in [-0.25, -0.2) is 0 Å². The van der Waals surface area contributed by atoms with E-state index >= 15 is 0 Å². The molecule has 0 saturated carbocycles. The zero-order chi connectivity index (χ0) is 75.1. The molecule has 0 fully saturated rings. The highest BCUT2D eigenvalue weighted by molar-refractivity contribution is 6.00. The van der Waals surface area contributed by atoms with Crippen molar-refractivity contribution < 1.29 is 87.5 Å². The number of nitrogens with one attached hydrogen (secondary N) is 13. The number of aliphatic carboxylic acids is 2. The summed E-state index contributed by atoms with van der Waals surface area (Å²) in [5.41, 5.74) is 23.9. The lowest BCUT2D eigenvalue weighted by atomic mass is 9.85. The van der Waals surface area contributed by atoms with Crippen LogP contribution in [0.25, 0.3) is 10.9 Å². The SMILES string of the molecule is CC[C@H](C)[C@@H](NC(=O)[C@@H](NC(=O)[C@H](CCC(=O)O)NC(=O)[C@H](Cc1ccccc1)NC(=O)[C@@H](CCN)NC(=O)[C@H](CCN)NC(=O)[C@H](CO)NC(=O)[C@@H](Cc1c[nH]c2ccccc12)NC(=O)[C@@H](CO)NC(=O)CNC(=O)[C@@H](CCN)NC(=O)[C@H](N)C(C)C)C(C)(C)C)C(=O)N[C@@H](C)C(=O)O. The molecule has 0 aliphatic rings. The second-order valence-corrected chi connectivity index (χ2v) is 25.6. The number of aromatic amines is 1. The van der Waals surface area contributed by atoms with Gasteiger partial charge in [0, 0.05) is 36.4 Å². The van der Waals surface area contributed by atoms with Crippen molar-refractivity contribution in [3.05, 3.63) is 71.9 Å². The van der Waals surface area contributed by atoms with Crippen LogP contribution in [-0.2, 0) is 80.0 Å². The molecule has 0 unspecified atom stereocenters. The number of aliphatic hydroxyl groups excluding tert-OH is 2. The monoisotopic (exact) mass is 1410 g/mol. The summed E-state index contributed by atoms with van der Waals surface area (Å²) in [5.74, 6) is -15.1. The van der Waals surface area contributed by atoms with Gasteiger partial charge in [-0.15, -0.1) is 0 Å². The minimum atomic E-state index is -1.86. The highest BCUT2D eigenvalue weighted by Gasteiger charge is 2.40. The Hall–Kier alpha value is -9.68. The van der Waals surface area contributed by atoms with Gasteiger partial charge in [-0.05, 0) is 86.7 Å². The van der Waals surface area contributed by atoms with E-state index in [1.54, 1.807) is 109 Å². The maximum Gasteiger partial charge on any atom is 0.325 e. The summed E-state index contributed by atoms with van der Waals surface area (Å²) in [6, 6.07) is -2.77. The Balaban J connectivity index is 1.89. The van der Waals surface area contributed by atoms with Crippen LogP contribution in [0.2, 0.25) is 0 Å². The number of aromatic nitrogens is 1. The molecule has 100 heavy (non-hydrogen) atoms. The number of carboxylic acid groups (broad SMARTS) is 2. The maximum absolute atomic E-state index is 14.5. The Labute approximate surface area is 578 Å². The lowest BCUT2D eigenvalue weighted by Crippen LogP contribution is -2.63. The molecule has 13 atom stereocenters. The highest BCUT2D eigenvalue weighted by atomic mass is 16.4. The average molecular weight is 1410 g/mol. The molecule has 0 aliphatic carbocycles. The molecule has 0 radical (unpaired) electrons. The van der Waals surface area contributed by atoms with E-state index in [4.69, 9.17) is 22.9 Å². The van der Waals surface area contributed by atoms with Crippen LogP contribution < -0.4 is 86.7 Å². The summed E-state index contributed by atoms with van der Waals surface area (Å²) >= 11 is 0. The van der Waals surface area contributed by atoms with E-state index in [-0.39, 0.29) is 57.7 Å². The first-order chi connectivity index (χ1) is 47.1. The van der Waals surface area contributed by atoms with Gasteiger partial charge >= 0.3 is 11.9 Å². The predicted molar refractivity (Wildman–Crippen MR) is 363 cm³/mol. The number of hydrogen-bond donors (Lipinski definition) is 21. The average Bonchev–Trinajstić information content (AvgIpc) is 1.49. The van der Waals surface area contributed by atoms with Gasteiger partial charge in [-0.1, -0.05) is 103 Å². The van der Waals surface area contributed by atoms with Gasteiger partial charge < -0.3 is 112 Å². The molecule has 554 valence electrons. The molecule has 3 rings (SSSR count). The van der Waals surface area contributed by atoms with E-state index in [2.05, 4.69) is 68.8 Å². The van der Waals surface area contributed by atoms with E-state index in [0.717, 1.165) is 0 Å². The topological polar surface area (TPSA) is 584 Å². The molecule has 35 nitrogen and oxygen atoms in total. The number of nitrogens with two attached hydrogens (primary N) is 4. The van der Waals surface area contributed by atoms with Gasteiger partial charge in [-0.3, -0.25) is 67.1 Å². The summed E-state index contributed by atoms with van der Waals surface area (Å²) in [6.45, 7) is 9.34. The second-order valence-electron chi connectivity index (χ2n) is 25.6. The summed E-state index contributed by atoms with van der Waals surface area (Å²) in [6.07, 6.45) is -0.503. The molecule has 0 aliphatic heterocycles. The fraction of sp³-hybridized carbons (Fsp3) is 0.569. The Morgan fingerprint density at radius 3 is 1.42 bits per heavy atom. The molecular weight excluding hydrogens is 1310 g/mol. The van der Waals surface area contributed by atoms with Crippen molar-refractivity contribution >= 4 is 93.7 Å². The Morgan fingerprint density at radius 1 is 0.490 bits per heavy atom. The van der Waals surface area contributed by atoms with Gasteiger partial charge in [0.2, 0.25) is 70.9 Å². The van der Waals surface area contributed by atoms with Crippen molar-refractivity contribution in [2.45, 2.75) is 179 Å². The quantitative estimate of drug-likeness (QED) is 0.0251. The van der Waals surface area contributed by atoms with Crippen molar-refractivity contribution in [2.24, 2.45) is 40.2 Å². The number of aliphatic hydroxyl groups is 2. The summed E-state index contributed by atoms with van der Waals surface area (Å²) < 4.78 is 0. The number of hydrogen-bond acceptors (Lipinski definition) is 20. The third kappa shape index (κ3) is 27.2. The number of carboxylic acids is 2. The van der Waals surface area contributed by atoms with Crippen LogP contribution in [0.1, 0.15) is 105 Å². The zero-order valence-corrected chi connectivity index (χ0v) is 57.6. The van der Waals surface area contributed by atoms with E-state index in [1.807, 2.05) is 0 Å². The first kappa shape index (κ1) is 84.5. The maximum atomic E-state index is 14.5. The smallest absolute Gasteiger partial charge is 0.325 e. The zero-order valence-electron chi connectivity index (χ0n) is 57.6. The van der Waals surface area contributed by atoms with Crippen molar-refractivity contribution in [3.63, 3.8) is 0 Å². The normalized spacial score (nSPS) is 15.3. The number of carbonyl (C=O) groups excluding carboxylic acids is 12. The standard InChI is InChI=1S/C65H101N17O18/c1-9-34(4)51(62(97)72-35(5)64(99)100)81-63(98)52(65(6,7)8)82-56(91)40(19-20-49(86)87)74-57(92)44(27-36-15-11-10-12-16-36)78-55(90)43(23-26-68)75-54(89)42(22-25-67)76-60(95)47(32-84)80-58(93)45(28-37-29-70-39-18-14-13-17-38(37)39)79-59(94)46(31-83)73-48(85)30-71-53(88)41(21-24-66)77-61(96)50(69)33(2)3/h10-18,29,33-35,40-47,50-52,70,83-84H,9,19-28,30-32,66-69H2,1-8H3,(H,71,88)(H,72,97)(H,73,85)(H,74,92)(H,75,89)(H,76,95)(H,77,96)(H,78,90)(H,79,94)(H,80,93)(H,81,98)(H,82,91)(H,86,87)(H,99,100)/t34-,35-,40-,41+,42-,43+,44-,45+,46+,47-,50+,51+,52+/m0/s1. The summed E-state index contributed by atoms with van der Waals surface area (Å²) in [5, 5.41) is 70.1. The number of para-hydroxylation sites is 1. The van der Waals surface area contributed by atoms with Gasteiger partial charge in [0.1, 0.15) is 66.5 Å². The molecule has 25 N–H and O–H groups in total. The molecule has 0 bridgehead atoms. The lowest BCUT2D eigenvalue weighted by molar-refractivity contribution is -0.142. The van der Waals surface area contributed by atoms with E-state index in [1.165, 1.54) is 6.92 Å². The van der Waals surface area contributed by atoms with Crippen LogP contribution in [0.5, 0.6) is 0 Å². The minimum absolute atomic E-state index is 0.0243. The van der Waals surface area contributed by atoms with Crippen molar-refractivity contribution in [1.82, 2.24) is 68.8 Å². The molecule has 2 aromatic carbocycles. The van der Waals surface area contributed by atoms with Crippen LogP contribution in [0.4, 0.5) is 0 Å². The van der Waals surface area contributed by atoms with Crippen LogP contribution in [0.15, 0.2) is 60.8 Å². The Morgan fingerprint density at radius 2 is 0.930 bits per heavy atom. The van der Waals surface area contributed by atoms with Crippen LogP contribution >= 0.6 is 0 Å². The highest BCUT2D eigenvalue weighted by Crippen LogP contribution is 2.22. The lowest BCUT2D eigenvalue weighted by Gasteiger charge is -2.34. The van der Waals surface area contributed by atoms with Crippen molar-refractivity contribution in [2.75, 3.05) is 39.4 Å². The third-order valence-electron chi connectivity index (χ3n) is 16.2. The van der Waals surface area contributed by atoms with E-state index < -0.39 is 199 Å². The molecule has 0 spiro atoms. The fourth-order valence-electron chi connectivity index (χ4n) is 9.98. The first-order valence-corrected chi connectivity index (χ1v) is 32.9. The molecular formula is C65H101N17O18. The second kappa shape index (κ2) is 41.7. The number of H-pyrrole nitrogens is 1. The minimum Gasteiger partial charge on any atom is -0.481 e. The van der Waals surface area contributed by atoms with E-state index in [0.29, 0.717) is 28.5 Å².